The fourth-order valence-electron chi connectivity index (χ4n) is 6.35. The number of nitrogens with zero attached hydrogens (tertiary/aromatic N) is 3. The number of carbonyl (C=O) groups is 2. The smallest absolute Gasteiger partial charge is 0.335 e. The first-order chi connectivity index (χ1) is 24.6. The molecule has 0 saturated carbocycles. The van der Waals surface area contributed by atoms with Crippen molar-refractivity contribution < 1.29 is 28.9 Å². The van der Waals surface area contributed by atoms with Gasteiger partial charge in [-0.1, -0.05) is 65.4 Å². The van der Waals surface area contributed by atoms with Crippen LogP contribution in [0.3, 0.4) is 0 Å². The minimum Gasteiger partial charge on any atom is -0.496 e. The van der Waals surface area contributed by atoms with Crippen LogP contribution >= 0.6 is 22.9 Å². The number of hydrogen-bond acceptors (Lipinski definition) is 8. The number of rotatable bonds is 11. The number of aromatic nitrogens is 1. The Balaban J connectivity index is 1.48. The number of carboxylic acid groups (broad SMARTS) is 1. The van der Waals surface area contributed by atoms with Gasteiger partial charge in [-0.15, -0.1) is 0 Å². The first-order valence-corrected chi connectivity index (χ1v) is 17.5. The Morgan fingerprint density at radius 3 is 2.45 bits per heavy atom. The van der Waals surface area contributed by atoms with Crippen molar-refractivity contribution in [2.24, 2.45) is 4.99 Å². The highest BCUT2D eigenvalue weighted by molar-refractivity contribution is 7.07. The Morgan fingerprint density at radius 2 is 1.75 bits per heavy atom. The summed E-state index contributed by atoms with van der Waals surface area (Å²) in [5.74, 6) is -0.0764. The topological polar surface area (TPSA) is 120 Å². The fourth-order valence-corrected chi connectivity index (χ4v) is 7.67. The molecule has 0 radical (unpaired) electrons. The summed E-state index contributed by atoms with van der Waals surface area (Å²) in [6.45, 7) is 6.69. The van der Waals surface area contributed by atoms with Crippen molar-refractivity contribution in [1.82, 2.24) is 9.47 Å². The number of methoxy groups -OCH3 is 2. The second-order valence-electron chi connectivity index (χ2n) is 11.8. The Hall–Kier alpha value is -5.39. The molecule has 6 rings (SSSR count). The molecule has 1 atom stereocenters. The van der Waals surface area contributed by atoms with Crippen molar-refractivity contribution >= 4 is 51.7 Å². The molecule has 10 nitrogen and oxygen atoms in total. The number of hydrogen-bond donors (Lipinski definition) is 1. The summed E-state index contributed by atoms with van der Waals surface area (Å²) in [4.78, 5) is 47.1. The van der Waals surface area contributed by atoms with E-state index < -0.39 is 12.0 Å². The Morgan fingerprint density at radius 1 is 1.00 bits per heavy atom. The predicted molar refractivity (Wildman–Crippen MR) is 198 cm³/mol. The zero-order chi connectivity index (χ0) is 36.4. The van der Waals surface area contributed by atoms with E-state index in [2.05, 4.69) is 0 Å². The quantitative estimate of drug-likeness (QED) is 0.172. The van der Waals surface area contributed by atoms with E-state index in [1.165, 1.54) is 30.6 Å². The van der Waals surface area contributed by atoms with E-state index in [1.807, 2.05) is 50.2 Å². The second kappa shape index (κ2) is 14.8. The zero-order valence-corrected chi connectivity index (χ0v) is 30.3. The molecule has 0 unspecified atom stereocenters. The van der Waals surface area contributed by atoms with Gasteiger partial charge in [-0.25, -0.2) is 9.79 Å². The van der Waals surface area contributed by atoms with Gasteiger partial charge in [0.15, 0.2) is 16.3 Å². The number of amides is 1. The molecule has 1 aliphatic rings. The van der Waals surface area contributed by atoms with Crippen molar-refractivity contribution in [3.8, 4) is 17.2 Å². The van der Waals surface area contributed by atoms with Crippen LogP contribution in [0.2, 0.25) is 5.02 Å². The van der Waals surface area contributed by atoms with Crippen molar-refractivity contribution in [2.75, 3.05) is 27.3 Å². The van der Waals surface area contributed by atoms with E-state index >= 15 is 0 Å². The number of carbonyl (C=O) groups excluding carboxylic acids is 1. The molecule has 1 amide bonds. The number of aromatic carboxylic acids is 1. The van der Waals surface area contributed by atoms with Gasteiger partial charge in [-0.3, -0.25) is 14.2 Å². The Bertz CT molecular complexity index is 2390. The largest absolute Gasteiger partial charge is 0.496 e. The zero-order valence-electron chi connectivity index (χ0n) is 28.7. The summed E-state index contributed by atoms with van der Waals surface area (Å²) in [5, 5.41) is 11.4. The highest BCUT2D eigenvalue weighted by Gasteiger charge is 2.36. The van der Waals surface area contributed by atoms with Crippen molar-refractivity contribution in [2.45, 2.75) is 33.4 Å². The predicted octanol–water partition coefficient (Wildman–Crippen LogP) is 6.20. The monoisotopic (exact) mass is 725 g/mol. The standard InChI is InChI=1S/C39H36ClN3O7S/c1-6-42(7-2)37(45)32-22(3)41-39-43(34(32)33-27-14-9-8-12-25(27)15-16-29(33)48-4)36(44)31(51-39)20-24-18-28(40)35(30(19-24)49-5)50-21-23-11-10-13-26(17-23)38(46)47/h8-20,34H,6-7,21H2,1-5H3,(H,46,47)/b31-20+/t34-/m1/s1. The lowest BCUT2D eigenvalue weighted by Crippen LogP contribution is -2.43. The van der Waals surface area contributed by atoms with E-state index in [0.717, 1.165) is 10.8 Å². The number of carboxylic acids is 1. The van der Waals surface area contributed by atoms with Crippen molar-refractivity contribution in [3.63, 3.8) is 0 Å². The van der Waals surface area contributed by atoms with Gasteiger partial charge < -0.3 is 24.2 Å². The second-order valence-corrected chi connectivity index (χ2v) is 13.2. The van der Waals surface area contributed by atoms with Crippen LogP contribution in [-0.2, 0) is 11.4 Å². The summed E-state index contributed by atoms with van der Waals surface area (Å²) in [5.41, 5.74) is 2.68. The first kappa shape index (κ1) is 35.4. The number of ether oxygens (including phenoxy) is 3. The molecule has 0 aliphatic carbocycles. The van der Waals surface area contributed by atoms with Crippen LogP contribution in [0.25, 0.3) is 16.8 Å². The first-order valence-electron chi connectivity index (χ1n) is 16.3. The van der Waals surface area contributed by atoms with E-state index in [0.29, 0.717) is 61.9 Å². The molecule has 51 heavy (non-hydrogen) atoms. The average Bonchev–Trinajstić information content (AvgIpc) is 3.43. The van der Waals surface area contributed by atoms with Gasteiger partial charge in [0, 0.05) is 18.7 Å². The molecule has 2 heterocycles. The third-order valence-electron chi connectivity index (χ3n) is 8.83. The molecule has 262 valence electrons. The third-order valence-corrected chi connectivity index (χ3v) is 10.1. The summed E-state index contributed by atoms with van der Waals surface area (Å²) in [6.07, 6.45) is 1.71. The molecule has 0 saturated heterocycles. The maximum Gasteiger partial charge on any atom is 0.335 e. The van der Waals surface area contributed by atoms with E-state index in [1.54, 1.807) is 53.8 Å². The molecular formula is C39H36ClN3O7S. The Kier molecular flexibility index (Phi) is 10.3. The van der Waals surface area contributed by atoms with Crippen LogP contribution < -0.4 is 29.1 Å². The van der Waals surface area contributed by atoms with Crippen molar-refractivity contribution in [3.05, 3.63) is 131 Å². The van der Waals surface area contributed by atoms with E-state index in [-0.39, 0.29) is 34.4 Å². The minimum absolute atomic E-state index is 0.0562. The van der Waals surface area contributed by atoms with Crippen LogP contribution in [0.5, 0.6) is 17.2 Å². The van der Waals surface area contributed by atoms with Crippen LogP contribution in [-0.4, -0.2) is 53.8 Å². The lowest BCUT2D eigenvalue weighted by Gasteiger charge is -2.30. The summed E-state index contributed by atoms with van der Waals surface area (Å²) < 4.78 is 19.5. The summed E-state index contributed by atoms with van der Waals surface area (Å²) >= 11 is 7.92. The highest BCUT2D eigenvalue weighted by atomic mass is 35.5. The molecule has 1 aromatic heterocycles. The summed E-state index contributed by atoms with van der Waals surface area (Å²) in [7, 11) is 3.06. The molecule has 0 bridgehead atoms. The number of fused-ring (bicyclic) bond motifs is 2. The lowest BCUT2D eigenvalue weighted by atomic mass is 9.90. The van der Waals surface area contributed by atoms with E-state index in [9.17, 15) is 19.5 Å². The molecular weight excluding hydrogens is 690 g/mol. The molecule has 0 spiro atoms. The number of likely N-dealkylation sites (N-methyl/N-ethyl adjacent to an activating group) is 1. The number of halogens is 1. The average molecular weight is 726 g/mol. The maximum atomic E-state index is 14.5. The number of thiazole rings is 1. The number of allylic oxidation sites excluding steroid dienone is 1. The number of benzene rings is 4. The van der Waals surface area contributed by atoms with Crippen LogP contribution in [0.1, 0.15) is 53.9 Å². The molecule has 12 heteroatoms. The maximum absolute atomic E-state index is 14.5. The third kappa shape index (κ3) is 6.74. The van der Waals surface area contributed by atoms with Crippen molar-refractivity contribution in [1.29, 1.82) is 0 Å². The molecule has 5 aromatic rings. The van der Waals surface area contributed by atoms with Gasteiger partial charge in [0.05, 0.1) is 40.6 Å². The van der Waals surface area contributed by atoms with Crippen LogP contribution in [0.15, 0.2) is 93.9 Å². The van der Waals surface area contributed by atoms with E-state index in [4.69, 9.17) is 30.8 Å². The lowest BCUT2D eigenvalue weighted by molar-refractivity contribution is -0.127. The normalized spacial score (nSPS) is 14.2. The molecule has 4 aromatic carbocycles. The van der Waals surface area contributed by atoms with Gasteiger partial charge in [-0.05, 0) is 79.1 Å². The van der Waals surface area contributed by atoms with Gasteiger partial charge in [-0.2, -0.15) is 0 Å². The van der Waals surface area contributed by atoms with Gasteiger partial charge >= 0.3 is 5.97 Å². The highest BCUT2D eigenvalue weighted by Crippen LogP contribution is 2.41. The Labute approximate surface area is 303 Å². The van der Waals surface area contributed by atoms with Gasteiger partial charge in [0.25, 0.3) is 11.5 Å². The molecule has 0 fully saturated rings. The van der Waals surface area contributed by atoms with Crippen LogP contribution in [0, 0.1) is 0 Å². The van der Waals surface area contributed by atoms with Gasteiger partial charge in [0.2, 0.25) is 0 Å². The fraction of sp³-hybridized carbons (Fsp3) is 0.231. The molecule has 1 N–H and O–H groups in total. The minimum atomic E-state index is -1.04. The summed E-state index contributed by atoms with van der Waals surface area (Å²) in [6, 6.07) is 20.6. The SMILES string of the molecule is CCN(CC)C(=O)C1=C(C)N=c2s/c(=C/c3cc(Cl)c(OCc4cccc(C(=O)O)c4)c(OC)c3)c(=O)n2[C@H]1c1c(OC)ccc2ccccc12. The van der Waals surface area contributed by atoms with Gasteiger partial charge in [0.1, 0.15) is 18.4 Å². The molecule has 1 aliphatic heterocycles. The van der Waals surface area contributed by atoms with Crippen LogP contribution in [0.4, 0.5) is 0 Å².